The Hall–Kier alpha value is -0.270. The van der Waals surface area contributed by atoms with Crippen LogP contribution in [0.25, 0.3) is 6.08 Å². The van der Waals surface area contributed by atoms with Crippen LogP contribution in [0.2, 0.25) is 0 Å². The highest BCUT2D eigenvalue weighted by Crippen LogP contribution is 2.21. The minimum atomic E-state index is 0.506. The number of benzene rings is 1. The lowest BCUT2D eigenvalue weighted by Crippen LogP contribution is -1.95. The van der Waals surface area contributed by atoms with Crippen LogP contribution in [0.1, 0.15) is 25.0 Å². The van der Waals surface area contributed by atoms with Crippen molar-refractivity contribution in [2.24, 2.45) is 5.92 Å². The van der Waals surface area contributed by atoms with E-state index in [4.69, 9.17) is 11.6 Å². The van der Waals surface area contributed by atoms with Crippen LogP contribution in [0.4, 0.5) is 0 Å². The van der Waals surface area contributed by atoms with Gasteiger partial charge in [-0.15, -0.1) is 11.6 Å². The minimum absolute atomic E-state index is 0.506. The molecule has 0 aromatic heterocycles. The fourth-order valence-corrected chi connectivity index (χ4v) is 1.96. The summed E-state index contributed by atoms with van der Waals surface area (Å²) in [6.45, 7) is 6.43. The van der Waals surface area contributed by atoms with Crippen LogP contribution in [0.5, 0.6) is 0 Å². The third kappa shape index (κ3) is 3.66. The van der Waals surface area contributed by atoms with E-state index in [1.165, 1.54) is 16.7 Å². The zero-order valence-corrected chi connectivity index (χ0v) is 11.7. The van der Waals surface area contributed by atoms with Gasteiger partial charge in [-0.3, -0.25) is 0 Å². The van der Waals surface area contributed by atoms with Crippen molar-refractivity contribution in [1.29, 1.82) is 0 Å². The summed E-state index contributed by atoms with van der Waals surface area (Å²) in [6, 6.07) is 6.35. The second kappa shape index (κ2) is 5.72. The molecule has 0 saturated carbocycles. The number of hydrogen-bond acceptors (Lipinski definition) is 0. The van der Waals surface area contributed by atoms with Crippen LogP contribution < -0.4 is 0 Å². The molecule has 1 aromatic rings. The smallest absolute Gasteiger partial charge is 0.0439 e. The lowest BCUT2D eigenvalue weighted by Gasteiger charge is -2.08. The van der Waals surface area contributed by atoms with E-state index in [-0.39, 0.29) is 0 Å². The van der Waals surface area contributed by atoms with Gasteiger partial charge in [0, 0.05) is 10.4 Å². The molecule has 15 heavy (non-hydrogen) atoms. The van der Waals surface area contributed by atoms with Gasteiger partial charge in [0.15, 0.2) is 0 Å². The summed E-state index contributed by atoms with van der Waals surface area (Å²) in [6.07, 6.45) is 2.18. The molecular weight excluding hydrogens is 272 g/mol. The molecule has 1 aromatic carbocycles. The van der Waals surface area contributed by atoms with Crippen molar-refractivity contribution < 1.29 is 0 Å². The van der Waals surface area contributed by atoms with Gasteiger partial charge in [0.05, 0.1) is 0 Å². The maximum atomic E-state index is 5.91. The van der Waals surface area contributed by atoms with Gasteiger partial charge in [0.1, 0.15) is 0 Å². The average molecular weight is 288 g/mol. The molecule has 82 valence electrons. The number of alkyl halides is 1. The van der Waals surface area contributed by atoms with E-state index in [0.29, 0.717) is 11.8 Å². The van der Waals surface area contributed by atoms with Crippen LogP contribution in [-0.2, 0) is 0 Å². The molecule has 0 amide bonds. The monoisotopic (exact) mass is 286 g/mol. The summed E-state index contributed by atoms with van der Waals surface area (Å²) in [5.74, 6) is 1.11. The van der Waals surface area contributed by atoms with Gasteiger partial charge in [-0.1, -0.05) is 53.6 Å². The van der Waals surface area contributed by atoms with Crippen LogP contribution in [0.3, 0.4) is 0 Å². The third-order valence-corrected chi connectivity index (χ3v) is 3.63. The summed E-state index contributed by atoms with van der Waals surface area (Å²) in [5, 5.41) is 0. The standard InChI is InChI=1S/C13H16BrCl/c1-9(2)12(8-15)7-11-4-5-13(14)10(3)6-11/h4-7,9H,8H2,1-3H3. The maximum Gasteiger partial charge on any atom is 0.0439 e. The molecule has 0 fully saturated rings. The van der Waals surface area contributed by atoms with Crippen LogP contribution in [0, 0.1) is 12.8 Å². The predicted octanol–water partition coefficient (Wildman–Crippen LogP) is 5.04. The Morgan fingerprint density at radius 2 is 2.13 bits per heavy atom. The van der Waals surface area contributed by atoms with E-state index in [1.807, 2.05) is 0 Å². The van der Waals surface area contributed by atoms with Crippen molar-refractivity contribution in [2.75, 3.05) is 5.88 Å². The Morgan fingerprint density at radius 1 is 1.47 bits per heavy atom. The van der Waals surface area contributed by atoms with E-state index in [2.05, 4.69) is 61.0 Å². The van der Waals surface area contributed by atoms with E-state index in [9.17, 15) is 0 Å². The van der Waals surface area contributed by atoms with Crippen molar-refractivity contribution in [3.05, 3.63) is 39.4 Å². The van der Waals surface area contributed by atoms with E-state index in [1.54, 1.807) is 0 Å². The first-order valence-electron chi connectivity index (χ1n) is 5.07. The van der Waals surface area contributed by atoms with Gasteiger partial charge in [0.2, 0.25) is 0 Å². The molecule has 0 nitrogen and oxygen atoms in total. The molecule has 0 heterocycles. The largest absolute Gasteiger partial charge is 0.122 e. The lowest BCUT2D eigenvalue weighted by atomic mass is 10.0. The normalized spacial score (nSPS) is 12.3. The highest BCUT2D eigenvalue weighted by Gasteiger charge is 2.02. The van der Waals surface area contributed by atoms with E-state index < -0.39 is 0 Å². The van der Waals surface area contributed by atoms with E-state index >= 15 is 0 Å². The number of allylic oxidation sites excluding steroid dienone is 1. The first-order chi connectivity index (χ1) is 7.04. The molecule has 0 atom stereocenters. The fourth-order valence-electron chi connectivity index (χ4n) is 1.33. The van der Waals surface area contributed by atoms with Crippen molar-refractivity contribution in [3.63, 3.8) is 0 Å². The Bertz CT molecular complexity index is 367. The van der Waals surface area contributed by atoms with Crippen molar-refractivity contribution in [2.45, 2.75) is 20.8 Å². The van der Waals surface area contributed by atoms with Gasteiger partial charge >= 0.3 is 0 Å². The quantitative estimate of drug-likeness (QED) is 0.684. The molecule has 2 heteroatoms. The highest BCUT2D eigenvalue weighted by molar-refractivity contribution is 9.10. The van der Waals surface area contributed by atoms with Gasteiger partial charge in [0.25, 0.3) is 0 Å². The summed E-state index contributed by atoms with van der Waals surface area (Å²) >= 11 is 9.40. The van der Waals surface area contributed by atoms with Crippen molar-refractivity contribution in [1.82, 2.24) is 0 Å². The minimum Gasteiger partial charge on any atom is -0.122 e. The first-order valence-corrected chi connectivity index (χ1v) is 6.40. The molecule has 0 saturated heterocycles. The number of halogens is 2. The molecule has 0 N–H and O–H groups in total. The predicted molar refractivity (Wildman–Crippen MR) is 72.4 cm³/mol. The van der Waals surface area contributed by atoms with Crippen LogP contribution in [0.15, 0.2) is 28.2 Å². The highest BCUT2D eigenvalue weighted by atomic mass is 79.9. The Labute approximate surface area is 105 Å². The van der Waals surface area contributed by atoms with Crippen molar-refractivity contribution in [3.8, 4) is 0 Å². The summed E-state index contributed by atoms with van der Waals surface area (Å²) < 4.78 is 1.15. The molecule has 0 bridgehead atoms. The van der Waals surface area contributed by atoms with Crippen LogP contribution in [-0.4, -0.2) is 5.88 Å². The van der Waals surface area contributed by atoms with Gasteiger partial charge in [-0.2, -0.15) is 0 Å². The summed E-state index contributed by atoms with van der Waals surface area (Å²) in [7, 11) is 0. The number of aryl methyl sites for hydroxylation is 1. The van der Waals surface area contributed by atoms with Gasteiger partial charge in [-0.25, -0.2) is 0 Å². The van der Waals surface area contributed by atoms with Gasteiger partial charge < -0.3 is 0 Å². The second-order valence-corrected chi connectivity index (χ2v) is 5.14. The first kappa shape index (κ1) is 12.8. The molecule has 0 radical (unpaired) electrons. The van der Waals surface area contributed by atoms with E-state index in [0.717, 1.165) is 4.47 Å². The molecule has 1 rings (SSSR count). The van der Waals surface area contributed by atoms with Gasteiger partial charge in [-0.05, 0) is 30.0 Å². The zero-order chi connectivity index (χ0) is 11.4. The topological polar surface area (TPSA) is 0 Å². The lowest BCUT2D eigenvalue weighted by molar-refractivity contribution is 0.778. The summed E-state index contributed by atoms with van der Waals surface area (Å²) in [5.41, 5.74) is 3.75. The zero-order valence-electron chi connectivity index (χ0n) is 9.35. The van der Waals surface area contributed by atoms with Crippen molar-refractivity contribution >= 4 is 33.6 Å². The third-order valence-electron chi connectivity index (χ3n) is 2.43. The molecular formula is C13H16BrCl. The molecule has 0 aliphatic heterocycles. The molecule has 0 unspecified atom stereocenters. The molecule has 0 aliphatic carbocycles. The maximum absolute atomic E-state index is 5.91. The molecule has 0 spiro atoms. The second-order valence-electron chi connectivity index (χ2n) is 4.02. The summed E-state index contributed by atoms with van der Waals surface area (Å²) in [4.78, 5) is 0. The Balaban J connectivity index is 3.01. The van der Waals surface area contributed by atoms with Crippen LogP contribution >= 0.6 is 27.5 Å². The number of hydrogen-bond donors (Lipinski definition) is 0. The SMILES string of the molecule is Cc1cc(C=C(CCl)C(C)C)ccc1Br. The molecule has 0 aliphatic rings. The Morgan fingerprint density at radius 3 is 2.60 bits per heavy atom. The fraction of sp³-hybridized carbons (Fsp3) is 0.385. The Kier molecular flexibility index (Phi) is 4.88. The number of rotatable bonds is 3. The average Bonchev–Trinajstić information content (AvgIpc) is 2.19.